The predicted octanol–water partition coefficient (Wildman–Crippen LogP) is 4.98. The Balaban J connectivity index is 1.73. The van der Waals surface area contributed by atoms with Crippen LogP contribution in [0.25, 0.3) is 0 Å². The van der Waals surface area contributed by atoms with Gasteiger partial charge in [-0.3, -0.25) is 0 Å². The maximum absolute atomic E-state index is 13.9. The molecule has 190 valence electrons. The van der Waals surface area contributed by atoms with Gasteiger partial charge in [-0.2, -0.15) is 9.64 Å². The summed E-state index contributed by atoms with van der Waals surface area (Å²) < 4.78 is 49.0. The van der Waals surface area contributed by atoms with E-state index in [1.54, 1.807) is 31.4 Å². The first-order valence-electron chi connectivity index (χ1n) is 10.8. The number of methoxy groups -OCH3 is 3. The van der Waals surface area contributed by atoms with E-state index in [0.717, 1.165) is 20.7 Å². The Morgan fingerprint density at radius 2 is 1.76 bits per heavy atom. The molecule has 0 aliphatic rings. The van der Waals surface area contributed by atoms with Crippen LogP contribution in [-0.4, -0.2) is 39.1 Å². The number of aromatic nitrogens is 2. The van der Waals surface area contributed by atoms with Crippen LogP contribution in [-0.2, 0) is 16.6 Å². The van der Waals surface area contributed by atoms with E-state index in [1.807, 2.05) is 24.3 Å². The van der Waals surface area contributed by atoms with Gasteiger partial charge in [-0.05, 0) is 42.5 Å². The van der Waals surface area contributed by atoms with Crippen molar-refractivity contribution in [3.05, 3.63) is 78.1 Å². The summed E-state index contributed by atoms with van der Waals surface area (Å²) in [5.41, 5.74) is 0.821. The summed E-state index contributed by atoms with van der Waals surface area (Å²) in [5.74, 6) is 1.70. The first kappa shape index (κ1) is 26.3. The van der Waals surface area contributed by atoms with Crippen LogP contribution in [0.1, 0.15) is 11.1 Å². The highest BCUT2D eigenvalue weighted by atomic mass is 32.2. The number of ether oxygens (including phenoxy) is 3. The molecule has 0 saturated carbocycles. The molecule has 1 heterocycles. The molecule has 0 fully saturated rings. The van der Waals surface area contributed by atoms with Gasteiger partial charge in [0.15, 0.2) is 0 Å². The van der Waals surface area contributed by atoms with E-state index in [9.17, 15) is 13.7 Å². The van der Waals surface area contributed by atoms with Gasteiger partial charge in [-0.15, -0.1) is 0 Å². The number of para-hydroxylation sites is 1. The molecule has 4 rings (SSSR count). The molecule has 0 aliphatic heterocycles. The molecular weight excluding hydrogens is 532 g/mol. The van der Waals surface area contributed by atoms with E-state index in [1.165, 1.54) is 44.4 Å². The number of anilines is 1. The molecule has 0 unspecified atom stereocenters. The van der Waals surface area contributed by atoms with Gasteiger partial charge in [-0.25, -0.2) is 17.7 Å². The molecule has 37 heavy (non-hydrogen) atoms. The van der Waals surface area contributed by atoms with Crippen LogP contribution in [0.15, 0.2) is 81.7 Å². The standard InChI is InChI=1S/C25H22N4O5S3/c1-32-19-9-8-17(22(13-19)34-3)15-29(25-27-16-28-36-25)37(30,31)20-10-11-23(18(12-20)14-26)35-24-7-5-4-6-21(24)33-2/h4-13,16H,15H2,1-3H3. The molecule has 0 aliphatic carbocycles. The van der Waals surface area contributed by atoms with Gasteiger partial charge >= 0.3 is 0 Å². The van der Waals surface area contributed by atoms with Crippen LogP contribution in [0.4, 0.5) is 5.13 Å². The average Bonchev–Trinajstić information content (AvgIpc) is 3.46. The third-order valence-corrected chi connectivity index (χ3v) is 8.99. The maximum atomic E-state index is 13.9. The lowest BCUT2D eigenvalue weighted by Crippen LogP contribution is -2.30. The number of nitrogens with zero attached hydrogens (tertiary/aromatic N) is 4. The van der Waals surface area contributed by atoms with Crippen molar-refractivity contribution in [2.24, 2.45) is 0 Å². The molecule has 0 saturated heterocycles. The first-order chi connectivity index (χ1) is 17.9. The topological polar surface area (TPSA) is 115 Å². The molecule has 0 amide bonds. The lowest BCUT2D eigenvalue weighted by Gasteiger charge is -2.23. The quantitative estimate of drug-likeness (QED) is 0.268. The smallest absolute Gasteiger partial charge is 0.266 e. The van der Waals surface area contributed by atoms with E-state index < -0.39 is 10.0 Å². The van der Waals surface area contributed by atoms with Gasteiger partial charge in [0.25, 0.3) is 10.0 Å². The zero-order valence-electron chi connectivity index (χ0n) is 20.1. The van der Waals surface area contributed by atoms with E-state index in [4.69, 9.17) is 14.2 Å². The van der Waals surface area contributed by atoms with Crippen LogP contribution < -0.4 is 18.5 Å². The highest BCUT2D eigenvalue weighted by Crippen LogP contribution is 2.38. The fraction of sp³-hybridized carbons (Fsp3) is 0.160. The van der Waals surface area contributed by atoms with Crippen LogP contribution in [0.5, 0.6) is 17.2 Å². The minimum absolute atomic E-state index is 0.0453. The minimum Gasteiger partial charge on any atom is -0.497 e. The average molecular weight is 555 g/mol. The molecule has 12 heteroatoms. The molecule has 0 spiro atoms. The Hall–Kier alpha value is -3.79. The summed E-state index contributed by atoms with van der Waals surface area (Å²) >= 11 is 2.27. The number of sulfonamides is 1. The van der Waals surface area contributed by atoms with E-state index in [0.29, 0.717) is 27.7 Å². The summed E-state index contributed by atoms with van der Waals surface area (Å²) in [6.07, 6.45) is 1.29. The largest absolute Gasteiger partial charge is 0.497 e. The minimum atomic E-state index is -4.13. The lowest BCUT2D eigenvalue weighted by atomic mass is 10.2. The summed E-state index contributed by atoms with van der Waals surface area (Å²) in [4.78, 5) is 5.50. The molecule has 4 aromatic rings. The van der Waals surface area contributed by atoms with Crippen molar-refractivity contribution in [2.75, 3.05) is 25.6 Å². The second-order valence-corrected chi connectivity index (χ2v) is 11.1. The second kappa shape index (κ2) is 11.5. The lowest BCUT2D eigenvalue weighted by molar-refractivity contribution is 0.391. The number of hydrogen-bond acceptors (Lipinski definition) is 10. The van der Waals surface area contributed by atoms with Crippen molar-refractivity contribution in [2.45, 2.75) is 21.2 Å². The van der Waals surface area contributed by atoms with E-state index in [2.05, 4.69) is 15.4 Å². The van der Waals surface area contributed by atoms with Gasteiger partial charge in [0.1, 0.15) is 29.6 Å². The second-order valence-electron chi connectivity index (χ2n) is 7.44. The van der Waals surface area contributed by atoms with Gasteiger partial charge < -0.3 is 14.2 Å². The number of nitriles is 1. The molecule has 1 aromatic heterocycles. The highest BCUT2D eigenvalue weighted by molar-refractivity contribution is 7.99. The molecule has 0 radical (unpaired) electrons. The van der Waals surface area contributed by atoms with Crippen LogP contribution in [0.3, 0.4) is 0 Å². The van der Waals surface area contributed by atoms with Crippen LogP contribution >= 0.6 is 23.3 Å². The van der Waals surface area contributed by atoms with Crippen LogP contribution in [0, 0.1) is 11.3 Å². The van der Waals surface area contributed by atoms with Gasteiger partial charge in [0.05, 0.1) is 43.2 Å². The Kier molecular flexibility index (Phi) is 8.17. The van der Waals surface area contributed by atoms with Gasteiger partial charge in [-0.1, -0.05) is 23.9 Å². The Labute approximate surface area is 223 Å². The SMILES string of the molecule is COc1ccc(CN(c2ncns2)S(=O)(=O)c2ccc(Sc3ccccc3OC)c(C#N)c2)c(OC)c1. The molecule has 0 N–H and O–H groups in total. The fourth-order valence-corrected chi connectivity index (χ4v) is 6.61. The van der Waals surface area contributed by atoms with Crippen molar-refractivity contribution in [1.29, 1.82) is 5.26 Å². The number of hydrogen-bond donors (Lipinski definition) is 0. The molecule has 3 aromatic carbocycles. The summed E-state index contributed by atoms with van der Waals surface area (Å²) in [5, 5.41) is 10.0. The predicted molar refractivity (Wildman–Crippen MR) is 141 cm³/mol. The molecule has 0 bridgehead atoms. The molecule has 9 nitrogen and oxygen atoms in total. The van der Waals surface area contributed by atoms with Crippen molar-refractivity contribution >= 4 is 38.4 Å². The number of benzene rings is 3. The zero-order chi connectivity index (χ0) is 26.4. The van der Waals surface area contributed by atoms with E-state index in [-0.39, 0.29) is 22.1 Å². The third-order valence-electron chi connectivity index (χ3n) is 5.32. The normalized spacial score (nSPS) is 11.0. The summed E-state index contributed by atoms with van der Waals surface area (Å²) in [7, 11) is 0.477. The Morgan fingerprint density at radius 1 is 0.973 bits per heavy atom. The Morgan fingerprint density at radius 3 is 2.43 bits per heavy atom. The third kappa shape index (κ3) is 5.64. The van der Waals surface area contributed by atoms with Crippen molar-refractivity contribution < 1.29 is 22.6 Å². The fourth-order valence-electron chi connectivity index (χ4n) is 3.46. The van der Waals surface area contributed by atoms with E-state index >= 15 is 0 Å². The maximum Gasteiger partial charge on any atom is 0.266 e. The monoisotopic (exact) mass is 554 g/mol. The first-order valence-corrected chi connectivity index (χ1v) is 13.8. The number of rotatable bonds is 10. The zero-order valence-corrected chi connectivity index (χ0v) is 22.6. The molecular formula is C25H22N4O5S3. The van der Waals surface area contributed by atoms with Crippen molar-refractivity contribution in [1.82, 2.24) is 9.36 Å². The highest BCUT2D eigenvalue weighted by Gasteiger charge is 2.29. The summed E-state index contributed by atoms with van der Waals surface area (Å²) in [6, 6.07) is 19.1. The summed E-state index contributed by atoms with van der Waals surface area (Å²) in [6.45, 7) is -0.0652. The van der Waals surface area contributed by atoms with Crippen molar-refractivity contribution in [3.8, 4) is 23.3 Å². The van der Waals surface area contributed by atoms with Gasteiger partial charge in [0.2, 0.25) is 5.13 Å². The molecule has 0 atom stereocenters. The van der Waals surface area contributed by atoms with Crippen LogP contribution in [0.2, 0.25) is 0 Å². The van der Waals surface area contributed by atoms with Gasteiger partial charge in [0, 0.05) is 28.1 Å². The van der Waals surface area contributed by atoms with Crippen molar-refractivity contribution in [3.63, 3.8) is 0 Å². The Bertz CT molecular complexity index is 1540.